The van der Waals surface area contributed by atoms with Gasteiger partial charge in [0, 0.05) is 17.1 Å². The summed E-state index contributed by atoms with van der Waals surface area (Å²) in [4.78, 5) is 11.8. The van der Waals surface area contributed by atoms with E-state index in [0.717, 1.165) is 0 Å². The lowest BCUT2D eigenvalue weighted by atomic mass is 10.1. The lowest BCUT2D eigenvalue weighted by molar-refractivity contribution is -0.122. The predicted octanol–water partition coefficient (Wildman–Crippen LogP) is 4.61. The standard InChI is InChI=1S/C13H16Cl4N2O/c1-8(2)6-11(20)19-12(13(15,16)17)18-10-5-3-4-9(14)7-10/h3-5,7-8,12,18H,6H2,1-2H3,(H,19,20)/t12-/m1/s1. The van der Waals surface area contributed by atoms with Crippen LogP contribution in [0.4, 0.5) is 5.69 Å². The molecule has 0 aliphatic rings. The second-order valence-electron chi connectivity index (χ2n) is 4.79. The molecule has 0 heterocycles. The molecule has 1 rings (SSSR count). The molecule has 1 atom stereocenters. The Hall–Kier alpha value is -0.350. The first kappa shape index (κ1) is 17.7. The molecule has 0 aliphatic heterocycles. The number of anilines is 1. The summed E-state index contributed by atoms with van der Waals surface area (Å²) in [6.45, 7) is 3.88. The SMILES string of the molecule is CC(C)CC(=O)N[C@@H](Nc1cccc(Cl)c1)C(Cl)(Cl)Cl. The Labute approximate surface area is 138 Å². The van der Waals surface area contributed by atoms with Crippen LogP contribution in [0.25, 0.3) is 0 Å². The average molecular weight is 358 g/mol. The van der Waals surface area contributed by atoms with E-state index in [9.17, 15) is 4.79 Å². The fourth-order valence-electron chi connectivity index (χ4n) is 1.54. The summed E-state index contributed by atoms with van der Waals surface area (Å²) in [5.41, 5.74) is 0.652. The molecule has 0 radical (unpaired) electrons. The van der Waals surface area contributed by atoms with Crippen LogP contribution < -0.4 is 10.6 Å². The van der Waals surface area contributed by atoms with Crippen molar-refractivity contribution in [1.29, 1.82) is 0 Å². The van der Waals surface area contributed by atoms with Crippen molar-refractivity contribution < 1.29 is 4.79 Å². The second-order valence-corrected chi connectivity index (χ2v) is 7.60. The zero-order valence-electron chi connectivity index (χ0n) is 11.1. The molecule has 0 saturated heterocycles. The van der Waals surface area contributed by atoms with Crippen molar-refractivity contribution in [2.45, 2.75) is 30.2 Å². The van der Waals surface area contributed by atoms with E-state index >= 15 is 0 Å². The van der Waals surface area contributed by atoms with Gasteiger partial charge >= 0.3 is 0 Å². The molecule has 20 heavy (non-hydrogen) atoms. The first-order valence-corrected chi connectivity index (χ1v) is 7.58. The number of alkyl halides is 3. The van der Waals surface area contributed by atoms with Crippen LogP contribution in [-0.2, 0) is 4.79 Å². The molecule has 0 bridgehead atoms. The van der Waals surface area contributed by atoms with Crippen molar-refractivity contribution in [3.05, 3.63) is 29.3 Å². The van der Waals surface area contributed by atoms with Crippen molar-refractivity contribution in [1.82, 2.24) is 5.32 Å². The van der Waals surface area contributed by atoms with E-state index in [1.165, 1.54) is 0 Å². The molecule has 1 amide bonds. The maximum absolute atomic E-state index is 11.8. The topological polar surface area (TPSA) is 41.1 Å². The Bertz CT molecular complexity index is 460. The van der Waals surface area contributed by atoms with Crippen LogP contribution in [0.2, 0.25) is 5.02 Å². The fraction of sp³-hybridized carbons (Fsp3) is 0.462. The number of hydrogen-bond donors (Lipinski definition) is 2. The van der Waals surface area contributed by atoms with E-state index in [1.54, 1.807) is 24.3 Å². The highest BCUT2D eigenvalue weighted by Gasteiger charge is 2.34. The molecule has 0 aromatic heterocycles. The average Bonchev–Trinajstić information content (AvgIpc) is 2.25. The first-order valence-electron chi connectivity index (χ1n) is 6.06. The molecule has 0 aliphatic carbocycles. The summed E-state index contributed by atoms with van der Waals surface area (Å²) in [7, 11) is 0. The minimum Gasteiger partial charge on any atom is -0.362 e. The summed E-state index contributed by atoms with van der Waals surface area (Å²) in [6.07, 6.45) is -0.494. The van der Waals surface area contributed by atoms with Gasteiger partial charge in [-0.25, -0.2) is 0 Å². The Morgan fingerprint density at radius 2 is 1.95 bits per heavy atom. The van der Waals surface area contributed by atoms with Crippen LogP contribution in [0.5, 0.6) is 0 Å². The molecule has 0 unspecified atom stereocenters. The van der Waals surface area contributed by atoms with E-state index in [2.05, 4.69) is 10.6 Å². The first-order chi connectivity index (χ1) is 9.18. The van der Waals surface area contributed by atoms with Gasteiger partial charge in [-0.05, 0) is 24.1 Å². The number of hydrogen-bond acceptors (Lipinski definition) is 2. The Kier molecular flexibility index (Phi) is 6.73. The summed E-state index contributed by atoms with van der Waals surface area (Å²) in [5.74, 6) is 0.0306. The van der Waals surface area contributed by atoms with E-state index in [-0.39, 0.29) is 11.8 Å². The van der Waals surface area contributed by atoms with Gasteiger partial charge in [0.2, 0.25) is 9.70 Å². The number of amides is 1. The molecule has 112 valence electrons. The van der Waals surface area contributed by atoms with E-state index in [1.807, 2.05) is 13.8 Å². The van der Waals surface area contributed by atoms with Crippen LogP contribution in [-0.4, -0.2) is 15.9 Å². The van der Waals surface area contributed by atoms with Crippen LogP contribution >= 0.6 is 46.4 Å². The maximum atomic E-state index is 11.8. The zero-order chi connectivity index (χ0) is 15.3. The Morgan fingerprint density at radius 1 is 1.30 bits per heavy atom. The Balaban J connectivity index is 2.78. The lowest BCUT2D eigenvalue weighted by Crippen LogP contribution is -2.49. The number of carbonyl (C=O) groups is 1. The van der Waals surface area contributed by atoms with Crippen LogP contribution in [0.1, 0.15) is 20.3 Å². The monoisotopic (exact) mass is 356 g/mol. The van der Waals surface area contributed by atoms with Crippen LogP contribution in [0, 0.1) is 5.92 Å². The predicted molar refractivity (Wildman–Crippen MR) is 86.8 cm³/mol. The molecule has 1 aromatic carbocycles. The third-order valence-corrected chi connectivity index (χ3v) is 3.25. The van der Waals surface area contributed by atoms with Gasteiger partial charge in [-0.1, -0.05) is 66.3 Å². The van der Waals surface area contributed by atoms with Crippen LogP contribution in [0.15, 0.2) is 24.3 Å². The highest BCUT2D eigenvalue weighted by molar-refractivity contribution is 6.68. The molecule has 2 N–H and O–H groups in total. The normalized spacial score (nSPS) is 13.2. The zero-order valence-corrected chi connectivity index (χ0v) is 14.1. The number of nitrogens with one attached hydrogen (secondary N) is 2. The number of benzene rings is 1. The van der Waals surface area contributed by atoms with Gasteiger partial charge in [0.25, 0.3) is 0 Å². The molecule has 0 fully saturated rings. The minimum absolute atomic E-state index is 0.189. The largest absolute Gasteiger partial charge is 0.362 e. The molecule has 0 spiro atoms. The fourth-order valence-corrected chi connectivity index (χ4v) is 2.05. The number of rotatable bonds is 5. The van der Waals surface area contributed by atoms with Gasteiger partial charge in [-0.2, -0.15) is 0 Å². The highest BCUT2D eigenvalue weighted by atomic mass is 35.6. The van der Waals surface area contributed by atoms with E-state index in [0.29, 0.717) is 17.1 Å². The van der Waals surface area contributed by atoms with Crippen molar-refractivity contribution >= 4 is 58.0 Å². The van der Waals surface area contributed by atoms with Gasteiger partial charge < -0.3 is 10.6 Å². The summed E-state index contributed by atoms with van der Waals surface area (Å²) in [5, 5.41) is 6.17. The third kappa shape index (κ3) is 6.40. The Morgan fingerprint density at radius 3 is 2.45 bits per heavy atom. The summed E-state index contributed by atoms with van der Waals surface area (Å²) >= 11 is 23.6. The molecule has 1 aromatic rings. The third-order valence-electron chi connectivity index (χ3n) is 2.36. The van der Waals surface area contributed by atoms with Gasteiger partial charge in [0.05, 0.1) is 0 Å². The smallest absolute Gasteiger partial charge is 0.228 e. The summed E-state index contributed by atoms with van der Waals surface area (Å²) < 4.78 is -1.69. The summed E-state index contributed by atoms with van der Waals surface area (Å²) in [6, 6.07) is 6.94. The maximum Gasteiger partial charge on any atom is 0.228 e. The quantitative estimate of drug-likeness (QED) is 0.596. The van der Waals surface area contributed by atoms with E-state index < -0.39 is 9.96 Å². The second kappa shape index (κ2) is 7.60. The molecule has 7 heteroatoms. The molecule has 0 saturated carbocycles. The molecular formula is C13H16Cl4N2O. The number of carbonyl (C=O) groups excluding carboxylic acids is 1. The van der Waals surface area contributed by atoms with Gasteiger partial charge in [-0.3, -0.25) is 4.79 Å². The van der Waals surface area contributed by atoms with Crippen molar-refractivity contribution in [2.75, 3.05) is 5.32 Å². The minimum atomic E-state index is -1.69. The van der Waals surface area contributed by atoms with Crippen molar-refractivity contribution in [3.63, 3.8) is 0 Å². The van der Waals surface area contributed by atoms with Gasteiger partial charge in [0.15, 0.2) is 0 Å². The molecule has 3 nitrogen and oxygen atoms in total. The van der Waals surface area contributed by atoms with E-state index in [4.69, 9.17) is 46.4 Å². The van der Waals surface area contributed by atoms with Crippen molar-refractivity contribution in [3.8, 4) is 0 Å². The lowest BCUT2D eigenvalue weighted by Gasteiger charge is -2.27. The highest BCUT2D eigenvalue weighted by Crippen LogP contribution is 2.31. The number of halogens is 4. The molecular weight excluding hydrogens is 342 g/mol. The van der Waals surface area contributed by atoms with Gasteiger partial charge in [0.1, 0.15) is 6.17 Å². The van der Waals surface area contributed by atoms with Crippen LogP contribution in [0.3, 0.4) is 0 Å². The van der Waals surface area contributed by atoms with Crippen molar-refractivity contribution in [2.24, 2.45) is 5.92 Å². The van der Waals surface area contributed by atoms with Gasteiger partial charge in [-0.15, -0.1) is 0 Å².